The number of anilines is 1. The van der Waals surface area contributed by atoms with Gasteiger partial charge >= 0.3 is 6.18 Å². The van der Waals surface area contributed by atoms with E-state index < -0.39 is 21.9 Å². The number of alkyl halides is 3. The number of hydrogen-bond acceptors (Lipinski definition) is 6. The van der Waals surface area contributed by atoms with Crippen molar-refractivity contribution in [1.82, 2.24) is 9.29 Å². The SMILES string of the molecule is COc1ccc(S(=O)(=O)N2CCN(c3cc(C(F)(F)F)nc4ccc(C)cc34)CC2)cc1OC. The Morgan fingerprint density at radius 3 is 2.21 bits per heavy atom. The van der Waals surface area contributed by atoms with Gasteiger partial charge in [0, 0.05) is 43.3 Å². The Kier molecular flexibility index (Phi) is 6.34. The maximum Gasteiger partial charge on any atom is 0.433 e. The van der Waals surface area contributed by atoms with Gasteiger partial charge in [-0.05, 0) is 37.3 Å². The van der Waals surface area contributed by atoms with E-state index in [4.69, 9.17) is 9.47 Å². The van der Waals surface area contributed by atoms with Crippen LogP contribution < -0.4 is 14.4 Å². The zero-order valence-corrected chi connectivity index (χ0v) is 19.7. The fourth-order valence-corrected chi connectivity index (χ4v) is 5.46. The summed E-state index contributed by atoms with van der Waals surface area (Å²) in [6.07, 6.45) is -4.59. The van der Waals surface area contributed by atoms with Crippen LogP contribution in [0, 0.1) is 6.92 Å². The van der Waals surface area contributed by atoms with Crippen molar-refractivity contribution in [2.45, 2.75) is 18.0 Å². The molecule has 0 aliphatic carbocycles. The maximum atomic E-state index is 13.5. The molecule has 1 fully saturated rings. The molecule has 0 amide bonds. The number of aromatic nitrogens is 1. The number of pyridine rings is 1. The molecule has 11 heteroatoms. The Labute approximate surface area is 195 Å². The smallest absolute Gasteiger partial charge is 0.433 e. The van der Waals surface area contributed by atoms with Crippen LogP contribution in [0.3, 0.4) is 0 Å². The van der Waals surface area contributed by atoms with E-state index in [1.807, 2.05) is 6.92 Å². The summed E-state index contributed by atoms with van der Waals surface area (Å²) in [5, 5.41) is 0.601. The zero-order valence-electron chi connectivity index (χ0n) is 18.9. The molecule has 0 atom stereocenters. The highest BCUT2D eigenvalue weighted by Crippen LogP contribution is 2.36. The minimum Gasteiger partial charge on any atom is -0.493 e. The third-order valence-electron chi connectivity index (χ3n) is 5.80. The van der Waals surface area contributed by atoms with E-state index >= 15 is 0 Å². The molecule has 1 saturated heterocycles. The van der Waals surface area contributed by atoms with Gasteiger partial charge in [-0.2, -0.15) is 17.5 Å². The summed E-state index contributed by atoms with van der Waals surface area (Å²) in [6, 6.07) is 10.5. The second-order valence-electron chi connectivity index (χ2n) is 7.95. The molecule has 3 aromatic rings. The number of halogens is 3. The first kappa shape index (κ1) is 24.1. The summed E-state index contributed by atoms with van der Waals surface area (Å²) >= 11 is 0. The number of fused-ring (bicyclic) bond motifs is 1. The number of ether oxygens (including phenoxy) is 2. The number of sulfonamides is 1. The fraction of sp³-hybridized carbons (Fsp3) is 0.348. The minimum absolute atomic E-state index is 0.0583. The monoisotopic (exact) mass is 495 g/mol. The molecule has 4 rings (SSSR count). The van der Waals surface area contributed by atoms with Crippen LogP contribution in [0.25, 0.3) is 10.9 Å². The number of hydrogen-bond donors (Lipinski definition) is 0. The van der Waals surface area contributed by atoms with Crippen molar-refractivity contribution in [3.05, 3.63) is 53.7 Å². The second-order valence-corrected chi connectivity index (χ2v) is 9.89. The molecule has 0 spiro atoms. The van der Waals surface area contributed by atoms with E-state index in [0.29, 0.717) is 22.6 Å². The third-order valence-corrected chi connectivity index (χ3v) is 7.70. The highest BCUT2D eigenvalue weighted by atomic mass is 32.2. The van der Waals surface area contributed by atoms with Gasteiger partial charge < -0.3 is 14.4 Å². The zero-order chi connectivity index (χ0) is 24.7. The molecular weight excluding hydrogens is 471 g/mol. The lowest BCUT2D eigenvalue weighted by atomic mass is 10.1. The molecule has 0 unspecified atom stereocenters. The number of piperazine rings is 1. The van der Waals surface area contributed by atoms with Crippen LogP contribution in [0.1, 0.15) is 11.3 Å². The molecule has 0 radical (unpaired) electrons. The molecule has 182 valence electrons. The average molecular weight is 496 g/mol. The molecule has 2 heterocycles. The number of aryl methyl sites for hydroxylation is 1. The van der Waals surface area contributed by atoms with Crippen LogP contribution in [0.4, 0.5) is 18.9 Å². The Bertz CT molecular complexity index is 1320. The molecule has 0 saturated carbocycles. The summed E-state index contributed by atoms with van der Waals surface area (Å²) in [4.78, 5) is 5.62. The lowest BCUT2D eigenvalue weighted by Crippen LogP contribution is -2.48. The Morgan fingerprint density at radius 2 is 1.59 bits per heavy atom. The van der Waals surface area contributed by atoms with Crippen LogP contribution in [0.15, 0.2) is 47.4 Å². The molecule has 34 heavy (non-hydrogen) atoms. The Morgan fingerprint density at radius 1 is 0.912 bits per heavy atom. The number of nitrogens with zero attached hydrogens (tertiary/aromatic N) is 3. The van der Waals surface area contributed by atoms with E-state index in [9.17, 15) is 21.6 Å². The molecule has 0 N–H and O–H groups in total. The molecular formula is C23H24F3N3O4S. The van der Waals surface area contributed by atoms with Gasteiger partial charge in [-0.3, -0.25) is 0 Å². The van der Waals surface area contributed by atoms with Crippen molar-refractivity contribution < 1.29 is 31.1 Å². The summed E-state index contributed by atoms with van der Waals surface area (Å²) in [6.45, 7) is 2.56. The third kappa shape index (κ3) is 4.49. The molecule has 1 aliphatic heterocycles. The molecule has 1 aromatic heterocycles. The quantitative estimate of drug-likeness (QED) is 0.531. The van der Waals surface area contributed by atoms with E-state index in [2.05, 4.69) is 4.98 Å². The predicted octanol–water partition coefficient (Wildman–Crippen LogP) is 4.09. The van der Waals surface area contributed by atoms with Crippen molar-refractivity contribution in [2.24, 2.45) is 0 Å². The van der Waals surface area contributed by atoms with Crippen molar-refractivity contribution in [3.8, 4) is 11.5 Å². The second kappa shape index (κ2) is 8.95. The maximum absolute atomic E-state index is 13.5. The van der Waals surface area contributed by atoms with E-state index in [0.717, 1.165) is 11.6 Å². The number of benzene rings is 2. The average Bonchev–Trinajstić information content (AvgIpc) is 2.82. The Hall–Kier alpha value is -3.05. The first-order chi connectivity index (χ1) is 16.0. The lowest BCUT2D eigenvalue weighted by Gasteiger charge is -2.36. The molecule has 0 bridgehead atoms. The summed E-state index contributed by atoms with van der Waals surface area (Å²) in [5.41, 5.74) is 0.559. The standard InChI is InChI=1S/C23H24F3N3O4S/c1-15-4-6-18-17(12-15)19(14-22(27-18)23(24,25)26)28-8-10-29(11-9-28)34(30,31)16-5-7-20(32-2)21(13-16)33-3/h4-7,12-14H,8-11H2,1-3H3. The number of rotatable bonds is 5. The van der Waals surface area contributed by atoms with Crippen molar-refractivity contribution in [3.63, 3.8) is 0 Å². The molecule has 7 nitrogen and oxygen atoms in total. The minimum atomic E-state index is -4.59. The largest absolute Gasteiger partial charge is 0.493 e. The van der Waals surface area contributed by atoms with Gasteiger partial charge in [0.05, 0.1) is 24.6 Å². The van der Waals surface area contributed by atoms with Crippen molar-refractivity contribution in [2.75, 3.05) is 45.3 Å². The van der Waals surface area contributed by atoms with Crippen LogP contribution in [0.2, 0.25) is 0 Å². The van der Waals surface area contributed by atoms with Gasteiger partial charge in [-0.25, -0.2) is 13.4 Å². The number of methoxy groups -OCH3 is 2. The van der Waals surface area contributed by atoms with Gasteiger partial charge in [0.25, 0.3) is 0 Å². The summed E-state index contributed by atoms with van der Waals surface area (Å²) < 4.78 is 78.5. The molecule has 1 aliphatic rings. The molecule has 2 aromatic carbocycles. The van der Waals surface area contributed by atoms with Crippen LogP contribution in [-0.2, 0) is 16.2 Å². The predicted molar refractivity (Wildman–Crippen MR) is 122 cm³/mol. The summed E-state index contributed by atoms with van der Waals surface area (Å²) in [5.74, 6) is 0.701. The highest BCUT2D eigenvalue weighted by molar-refractivity contribution is 7.89. The fourth-order valence-electron chi connectivity index (χ4n) is 4.02. The van der Waals surface area contributed by atoms with Crippen LogP contribution in [-0.4, -0.2) is 58.1 Å². The van der Waals surface area contributed by atoms with E-state index in [1.54, 1.807) is 23.1 Å². The summed E-state index contributed by atoms with van der Waals surface area (Å²) in [7, 11) is -0.949. The lowest BCUT2D eigenvalue weighted by molar-refractivity contribution is -0.140. The Balaban J connectivity index is 1.62. The first-order valence-corrected chi connectivity index (χ1v) is 11.9. The van der Waals surface area contributed by atoms with Crippen LogP contribution in [0.5, 0.6) is 11.5 Å². The van der Waals surface area contributed by atoms with Gasteiger partial charge in [0.2, 0.25) is 10.0 Å². The first-order valence-electron chi connectivity index (χ1n) is 10.5. The van der Waals surface area contributed by atoms with Crippen LogP contribution >= 0.6 is 0 Å². The topological polar surface area (TPSA) is 72.0 Å². The van der Waals surface area contributed by atoms with Crippen molar-refractivity contribution in [1.29, 1.82) is 0 Å². The van der Waals surface area contributed by atoms with E-state index in [1.165, 1.54) is 36.7 Å². The van der Waals surface area contributed by atoms with Crippen molar-refractivity contribution >= 4 is 26.6 Å². The normalized spacial score (nSPS) is 15.5. The van der Waals surface area contributed by atoms with Gasteiger partial charge in [0.15, 0.2) is 11.5 Å². The van der Waals surface area contributed by atoms with Gasteiger partial charge in [0.1, 0.15) is 5.69 Å². The highest BCUT2D eigenvalue weighted by Gasteiger charge is 2.35. The van der Waals surface area contributed by atoms with Gasteiger partial charge in [-0.15, -0.1) is 0 Å². The van der Waals surface area contributed by atoms with Gasteiger partial charge in [-0.1, -0.05) is 11.6 Å². The van der Waals surface area contributed by atoms with E-state index in [-0.39, 0.29) is 36.6 Å².